The molecule has 0 aliphatic carbocycles. The number of benzene rings is 1. The lowest BCUT2D eigenvalue weighted by molar-refractivity contribution is 0.0993. The molecule has 0 N–H and O–H groups in total. The molecule has 1 aromatic carbocycles. The van der Waals surface area contributed by atoms with Crippen molar-refractivity contribution in [2.75, 3.05) is 0 Å². The SMILES string of the molecule is Cc1cc(F)cc(C(=O)Cc2sccc2Br)c1. The summed E-state index contributed by atoms with van der Waals surface area (Å²) >= 11 is 4.90. The number of carbonyl (C=O) groups is 1. The maximum Gasteiger partial charge on any atom is 0.168 e. The average molecular weight is 313 g/mol. The lowest BCUT2D eigenvalue weighted by atomic mass is 10.0. The third kappa shape index (κ3) is 3.01. The van der Waals surface area contributed by atoms with Crippen LogP contribution in [0.15, 0.2) is 34.1 Å². The van der Waals surface area contributed by atoms with Crippen LogP contribution in [0.3, 0.4) is 0 Å². The quantitative estimate of drug-likeness (QED) is 0.768. The van der Waals surface area contributed by atoms with E-state index in [-0.39, 0.29) is 11.6 Å². The van der Waals surface area contributed by atoms with E-state index in [1.807, 2.05) is 11.4 Å². The number of halogens is 2. The predicted molar refractivity (Wildman–Crippen MR) is 71.2 cm³/mol. The van der Waals surface area contributed by atoms with Gasteiger partial charge in [0.1, 0.15) is 5.82 Å². The third-order valence-corrected chi connectivity index (χ3v) is 4.30. The highest BCUT2D eigenvalue weighted by atomic mass is 79.9. The van der Waals surface area contributed by atoms with E-state index < -0.39 is 0 Å². The van der Waals surface area contributed by atoms with Gasteiger partial charge < -0.3 is 0 Å². The van der Waals surface area contributed by atoms with Crippen molar-refractivity contribution >= 4 is 33.0 Å². The second-order valence-corrected chi connectivity index (χ2v) is 5.66. The van der Waals surface area contributed by atoms with Crippen molar-refractivity contribution in [3.63, 3.8) is 0 Å². The van der Waals surface area contributed by atoms with Crippen LogP contribution in [0.4, 0.5) is 4.39 Å². The van der Waals surface area contributed by atoms with Crippen molar-refractivity contribution in [2.24, 2.45) is 0 Å². The molecule has 0 saturated carbocycles. The first-order valence-corrected chi connectivity index (χ1v) is 6.76. The van der Waals surface area contributed by atoms with Crippen LogP contribution in [0, 0.1) is 12.7 Å². The first-order chi connectivity index (χ1) is 8.06. The fourth-order valence-electron chi connectivity index (χ4n) is 1.60. The van der Waals surface area contributed by atoms with Crippen LogP contribution in [-0.4, -0.2) is 5.78 Å². The minimum Gasteiger partial charge on any atom is -0.294 e. The van der Waals surface area contributed by atoms with Gasteiger partial charge in [0.05, 0.1) is 0 Å². The van der Waals surface area contributed by atoms with Crippen LogP contribution in [0.1, 0.15) is 20.8 Å². The molecule has 0 amide bonds. The number of thiophene rings is 1. The molecule has 0 atom stereocenters. The molecule has 88 valence electrons. The van der Waals surface area contributed by atoms with E-state index in [2.05, 4.69) is 15.9 Å². The lowest BCUT2D eigenvalue weighted by Gasteiger charge is -2.02. The van der Waals surface area contributed by atoms with Crippen molar-refractivity contribution in [1.29, 1.82) is 0 Å². The Balaban J connectivity index is 2.23. The van der Waals surface area contributed by atoms with E-state index in [0.717, 1.165) is 14.9 Å². The highest BCUT2D eigenvalue weighted by Gasteiger charge is 2.11. The molecule has 0 fully saturated rings. The monoisotopic (exact) mass is 312 g/mol. The van der Waals surface area contributed by atoms with E-state index in [9.17, 15) is 9.18 Å². The largest absolute Gasteiger partial charge is 0.294 e. The molecular weight excluding hydrogens is 303 g/mol. The van der Waals surface area contributed by atoms with Crippen molar-refractivity contribution in [3.05, 3.63) is 55.9 Å². The van der Waals surface area contributed by atoms with Gasteiger partial charge in [-0.1, -0.05) is 0 Å². The summed E-state index contributed by atoms with van der Waals surface area (Å²) in [4.78, 5) is 13.0. The topological polar surface area (TPSA) is 17.1 Å². The number of rotatable bonds is 3. The van der Waals surface area contributed by atoms with Gasteiger partial charge in [0.25, 0.3) is 0 Å². The normalized spacial score (nSPS) is 10.5. The van der Waals surface area contributed by atoms with Crippen molar-refractivity contribution in [1.82, 2.24) is 0 Å². The maximum atomic E-state index is 13.2. The van der Waals surface area contributed by atoms with E-state index in [4.69, 9.17) is 0 Å². The van der Waals surface area contributed by atoms with E-state index >= 15 is 0 Å². The van der Waals surface area contributed by atoms with Gasteiger partial charge in [-0.2, -0.15) is 0 Å². The molecule has 1 aromatic heterocycles. The van der Waals surface area contributed by atoms with E-state index in [0.29, 0.717) is 12.0 Å². The summed E-state index contributed by atoms with van der Waals surface area (Å²) in [6.45, 7) is 1.78. The molecule has 0 radical (unpaired) electrons. The molecule has 2 aromatic rings. The van der Waals surface area contributed by atoms with E-state index in [1.54, 1.807) is 13.0 Å². The summed E-state index contributed by atoms with van der Waals surface area (Å²) < 4.78 is 14.1. The fourth-order valence-corrected chi connectivity index (χ4v) is 3.09. The van der Waals surface area contributed by atoms with Gasteiger partial charge in [-0.25, -0.2) is 4.39 Å². The molecule has 0 saturated heterocycles. The van der Waals surface area contributed by atoms with Crippen molar-refractivity contribution < 1.29 is 9.18 Å². The summed E-state index contributed by atoms with van der Waals surface area (Å²) in [7, 11) is 0. The Labute approximate surface area is 111 Å². The van der Waals surface area contributed by atoms with Crippen molar-refractivity contribution in [3.8, 4) is 0 Å². The molecule has 4 heteroatoms. The molecule has 2 rings (SSSR count). The molecular formula is C13H10BrFOS. The van der Waals surface area contributed by atoms with Crippen LogP contribution in [0.2, 0.25) is 0 Å². The molecule has 0 bridgehead atoms. The highest BCUT2D eigenvalue weighted by Crippen LogP contribution is 2.24. The summed E-state index contributed by atoms with van der Waals surface area (Å²) in [6.07, 6.45) is 0.307. The lowest BCUT2D eigenvalue weighted by Crippen LogP contribution is -2.03. The Bertz CT molecular complexity index is 542. The third-order valence-electron chi connectivity index (χ3n) is 2.38. The zero-order valence-electron chi connectivity index (χ0n) is 9.17. The van der Waals surface area contributed by atoms with Gasteiger partial charge in [-0.05, 0) is 58.1 Å². The number of aryl methyl sites for hydroxylation is 1. The van der Waals surface area contributed by atoms with E-state index in [1.165, 1.54) is 23.5 Å². The van der Waals surface area contributed by atoms with Gasteiger partial charge >= 0.3 is 0 Å². The van der Waals surface area contributed by atoms with Gasteiger partial charge in [0.15, 0.2) is 5.78 Å². The molecule has 0 spiro atoms. The minimum atomic E-state index is -0.362. The maximum absolute atomic E-state index is 13.2. The smallest absolute Gasteiger partial charge is 0.168 e. The molecule has 0 unspecified atom stereocenters. The summed E-state index contributed by atoms with van der Waals surface area (Å²) in [5, 5.41) is 1.92. The number of hydrogen-bond donors (Lipinski definition) is 0. The zero-order chi connectivity index (χ0) is 12.4. The number of carbonyl (C=O) groups excluding carboxylic acids is 1. The number of ketones is 1. The van der Waals surface area contributed by atoms with Gasteiger partial charge in [0.2, 0.25) is 0 Å². The highest BCUT2D eigenvalue weighted by molar-refractivity contribution is 9.10. The molecule has 17 heavy (non-hydrogen) atoms. The Morgan fingerprint density at radius 2 is 2.18 bits per heavy atom. The van der Waals surface area contributed by atoms with Gasteiger partial charge in [0, 0.05) is 21.3 Å². The fraction of sp³-hybridized carbons (Fsp3) is 0.154. The molecule has 1 nitrogen and oxygen atoms in total. The summed E-state index contributed by atoms with van der Waals surface area (Å²) in [6, 6.07) is 6.33. The van der Waals surface area contributed by atoms with Crippen LogP contribution in [0.5, 0.6) is 0 Å². The summed E-state index contributed by atoms with van der Waals surface area (Å²) in [5.74, 6) is -0.422. The second kappa shape index (κ2) is 5.10. The van der Waals surface area contributed by atoms with Crippen LogP contribution >= 0.6 is 27.3 Å². The first kappa shape index (κ1) is 12.5. The number of Topliss-reactive ketones (excluding diaryl/α,β-unsaturated/α-hetero) is 1. The average Bonchev–Trinajstić information content (AvgIpc) is 2.63. The Morgan fingerprint density at radius 3 is 2.76 bits per heavy atom. The van der Waals surface area contributed by atoms with Gasteiger partial charge in [-0.3, -0.25) is 4.79 Å². The van der Waals surface area contributed by atoms with Crippen LogP contribution in [0.25, 0.3) is 0 Å². The van der Waals surface area contributed by atoms with Gasteiger partial charge in [-0.15, -0.1) is 11.3 Å². The first-order valence-electron chi connectivity index (χ1n) is 5.08. The standard InChI is InChI=1S/C13H10BrFOS/c1-8-4-9(6-10(15)5-8)12(16)7-13-11(14)2-3-17-13/h2-6H,7H2,1H3. The Morgan fingerprint density at radius 1 is 1.41 bits per heavy atom. The summed E-state index contributed by atoms with van der Waals surface area (Å²) in [5.41, 5.74) is 1.20. The Kier molecular flexibility index (Phi) is 3.74. The molecule has 0 aliphatic rings. The predicted octanol–water partition coefficient (Wildman–Crippen LogP) is 4.38. The molecule has 0 aliphatic heterocycles. The molecule has 1 heterocycles. The van der Waals surface area contributed by atoms with Crippen LogP contribution < -0.4 is 0 Å². The zero-order valence-corrected chi connectivity index (χ0v) is 11.6. The van der Waals surface area contributed by atoms with Crippen molar-refractivity contribution in [2.45, 2.75) is 13.3 Å². The Hall–Kier alpha value is -1.00. The minimum absolute atomic E-state index is 0.0595. The second-order valence-electron chi connectivity index (χ2n) is 3.81. The van der Waals surface area contributed by atoms with Crippen LogP contribution in [-0.2, 0) is 6.42 Å². The number of hydrogen-bond acceptors (Lipinski definition) is 2.